The quantitative estimate of drug-likeness (QED) is 0.673. The van der Waals surface area contributed by atoms with Gasteiger partial charge in [0.1, 0.15) is 17.2 Å². The van der Waals surface area contributed by atoms with Crippen molar-refractivity contribution in [3.63, 3.8) is 0 Å². The molecule has 5 nitrogen and oxygen atoms in total. The number of carbonyl (C=O) groups excluding carboxylic acids is 1. The monoisotopic (exact) mass is 324 g/mol. The standard InChI is InChI=1S/C18H17FN4O/c19-14-4-1-5-15(22-12-6-7-12)17(14)23-16(24)9-11-10-21-18-13(11)3-2-8-20-18/h1-5,8,10,12,22H,6-7,9H2,(H,20,21)(H,23,24). The highest BCUT2D eigenvalue weighted by atomic mass is 19.1. The highest BCUT2D eigenvalue weighted by molar-refractivity contribution is 5.97. The largest absolute Gasteiger partial charge is 0.381 e. The Labute approximate surface area is 138 Å². The van der Waals surface area contributed by atoms with E-state index >= 15 is 0 Å². The van der Waals surface area contributed by atoms with E-state index in [1.54, 1.807) is 24.5 Å². The molecule has 1 saturated carbocycles. The summed E-state index contributed by atoms with van der Waals surface area (Å²) < 4.78 is 14.1. The van der Waals surface area contributed by atoms with Crippen molar-refractivity contribution >= 4 is 28.3 Å². The van der Waals surface area contributed by atoms with Gasteiger partial charge in [-0.25, -0.2) is 9.37 Å². The van der Waals surface area contributed by atoms with Gasteiger partial charge in [0, 0.05) is 23.8 Å². The minimum atomic E-state index is -0.436. The summed E-state index contributed by atoms with van der Waals surface area (Å²) in [7, 11) is 0. The van der Waals surface area contributed by atoms with Gasteiger partial charge in [0.2, 0.25) is 5.91 Å². The van der Waals surface area contributed by atoms with Gasteiger partial charge < -0.3 is 15.6 Å². The number of aromatic nitrogens is 2. The first-order valence-corrected chi connectivity index (χ1v) is 7.96. The maximum atomic E-state index is 14.1. The third kappa shape index (κ3) is 2.95. The zero-order valence-corrected chi connectivity index (χ0v) is 13.0. The average Bonchev–Trinajstić information content (AvgIpc) is 3.31. The Hall–Kier alpha value is -2.89. The van der Waals surface area contributed by atoms with Crippen LogP contribution in [0.5, 0.6) is 0 Å². The SMILES string of the molecule is O=C(Cc1c[nH]c2ncccc12)Nc1c(F)cccc1NC1CC1. The number of halogens is 1. The molecule has 4 rings (SSSR count). The molecule has 0 unspecified atom stereocenters. The molecule has 1 fully saturated rings. The highest BCUT2D eigenvalue weighted by Gasteiger charge is 2.23. The van der Waals surface area contributed by atoms with Crippen molar-refractivity contribution in [1.82, 2.24) is 9.97 Å². The van der Waals surface area contributed by atoms with Gasteiger partial charge in [-0.15, -0.1) is 0 Å². The number of aromatic amines is 1. The molecule has 122 valence electrons. The Kier molecular flexibility index (Phi) is 3.65. The highest BCUT2D eigenvalue weighted by Crippen LogP contribution is 2.31. The molecule has 0 aliphatic heterocycles. The zero-order valence-electron chi connectivity index (χ0n) is 13.0. The van der Waals surface area contributed by atoms with E-state index in [2.05, 4.69) is 20.6 Å². The molecule has 6 heteroatoms. The number of para-hydroxylation sites is 1. The van der Waals surface area contributed by atoms with Crippen LogP contribution in [-0.2, 0) is 11.2 Å². The lowest BCUT2D eigenvalue weighted by atomic mass is 10.1. The first kappa shape index (κ1) is 14.7. The minimum absolute atomic E-state index is 0.156. The van der Waals surface area contributed by atoms with Crippen LogP contribution in [0.2, 0.25) is 0 Å². The first-order valence-electron chi connectivity index (χ1n) is 7.96. The summed E-state index contributed by atoms with van der Waals surface area (Å²) in [6.07, 6.45) is 5.77. The number of benzene rings is 1. The number of pyridine rings is 1. The number of H-pyrrole nitrogens is 1. The predicted molar refractivity (Wildman–Crippen MR) is 91.5 cm³/mol. The summed E-state index contributed by atoms with van der Waals surface area (Å²) in [5.41, 5.74) is 2.42. The van der Waals surface area contributed by atoms with Gasteiger partial charge in [-0.05, 0) is 42.7 Å². The Bertz CT molecular complexity index is 901. The third-order valence-corrected chi connectivity index (χ3v) is 4.10. The molecule has 0 spiro atoms. The molecular formula is C18H17FN4O. The number of amides is 1. The molecule has 1 aliphatic rings. The summed E-state index contributed by atoms with van der Waals surface area (Å²) in [4.78, 5) is 19.6. The minimum Gasteiger partial charge on any atom is -0.381 e. The number of rotatable bonds is 5. The van der Waals surface area contributed by atoms with Crippen molar-refractivity contribution < 1.29 is 9.18 Å². The topological polar surface area (TPSA) is 69.8 Å². The molecular weight excluding hydrogens is 307 g/mol. The second kappa shape index (κ2) is 5.96. The Morgan fingerprint density at radius 3 is 3.00 bits per heavy atom. The average molecular weight is 324 g/mol. The molecule has 1 amide bonds. The third-order valence-electron chi connectivity index (χ3n) is 4.10. The van der Waals surface area contributed by atoms with Crippen molar-refractivity contribution in [2.75, 3.05) is 10.6 Å². The number of hydrogen-bond donors (Lipinski definition) is 3. The zero-order chi connectivity index (χ0) is 16.5. The van der Waals surface area contributed by atoms with Crippen LogP contribution in [0.1, 0.15) is 18.4 Å². The number of anilines is 2. The smallest absolute Gasteiger partial charge is 0.229 e. The van der Waals surface area contributed by atoms with Gasteiger partial charge in [0.05, 0.1) is 12.1 Å². The molecule has 2 heterocycles. The number of carbonyl (C=O) groups is 1. The van der Waals surface area contributed by atoms with Crippen LogP contribution in [0.4, 0.5) is 15.8 Å². The fourth-order valence-corrected chi connectivity index (χ4v) is 2.73. The van der Waals surface area contributed by atoms with Gasteiger partial charge in [-0.3, -0.25) is 4.79 Å². The van der Waals surface area contributed by atoms with E-state index in [1.807, 2.05) is 12.1 Å². The molecule has 0 atom stereocenters. The van der Waals surface area contributed by atoms with E-state index in [0.717, 1.165) is 29.4 Å². The van der Waals surface area contributed by atoms with E-state index in [1.165, 1.54) is 6.07 Å². The fraction of sp³-hybridized carbons (Fsp3) is 0.222. The van der Waals surface area contributed by atoms with E-state index < -0.39 is 5.82 Å². The summed E-state index contributed by atoms with van der Waals surface area (Å²) in [5.74, 6) is -0.696. The van der Waals surface area contributed by atoms with Gasteiger partial charge in [-0.1, -0.05) is 6.07 Å². The summed E-state index contributed by atoms with van der Waals surface area (Å²) in [5, 5.41) is 6.85. The summed E-state index contributed by atoms with van der Waals surface area (Å²) in [6.45, 7) is 0. The van der Waals surface area contributed by atoms with Gasteiger partial charge >= 0.3 is 0 Å². The first-order chi connectivity index (χ1) is 11.7. The van der Waals surface area contributed by atoms with Crippen LogP contribution in [0, 0.1) is 5.82 Å². The molecule has 24 heavy (non-hydrogen) atoms. The van der Waals surface area contributed by atoms with E-state index in [4.69, 9.17) is 0 Å². The predicted octanol–water partition coefficient (Wildman–Crippen LogP) is 3.46. The van der Waals surface area contributed by atoms with Gasteiger partial charge in [-0.2, -0.15) is 0 Å². The second-order valence-corrected chi connectivity index (χ2v) is 6.02. The van der Waals surface area contributed by atoms with E-state index in [0.29, 0.717) is 11.7 Å². The van der Waals surface area contributed by atoms with Gasteiger partial charge in [0.15, 0.2) is 0 Å². The van der Waals surface area contributed by atoms with Gasteiger partial charge in [0.25, 0.3) is 0 Å². The molecule has 0 saturated heterocycles. The maximum Gasteiger partial charge on any atom is 0.229 e. The van der Waals surface area contributed by atoms with Crippen LogP contribution in [0.25, 0.3) is 11.0 Å². The number of nitrogens with zero attached hydrogens (tertiary/aromatic N) is 1. The van der Waals surface area contributed by atoms with Crippen molar-refractivity contribution in [2.45, 2.75) is 25.3 Å². The molecule has 3 N–H and O–H groups in total. The van der Waals surface area contributed by atoms with E-state index in [9.17, 15) is 9.18 Å². The van der Waals surface area contributed by atoms with Crippen molar-refractivity contribution in [2.24, 2.45) is 0 Å². The Morgan fingerprint density at radius 1 is 1.29 bits per heavy atom. The van der Waals surface area contributed by atoms with Crippen molar-refractivity contribution in [3.05, 3.63) is 54.1 Å². The maximum absolute atomic E-state index is 14.1. The Morgan fingerprint density at radius 2 is 2.17 bits per heavy atom. The van der Waals surface area contributed by atoms with Crippen LogP contribution >= 0.6 is 0 Å². The van der Waals surface area contributed by atoms with Crippen LogP contribution in [0.15, 0.2) is 42.7 Å². The number of nitrogens with one attached hydrogen (secondary N) is 3. The van der Waals surface area contributed by atoms with Crippen LogP contribution < -0.4 is 10.6 Å². The molecule has 1 aromatic carbocycles. The summed E-state index contributed by atoms with van der Waals surface area (Å²) >= 11 is 0. The lowest BCUT2D eigenvalue weighted by Crippen LogP contribution is -2.17. The molecule has 2 aromatic heterocycles. The number of hydrogen-bond acceptors (Lipinski definition) is 3. The summed E-state index contributed by atoms with van der Waals surface area (Å²) in [6, 6.07) is 8.88. The van der Waals surface area contributed by atoms with E-state index in [-0.39, 0.29) is 18.0 Å². The van der Waals surface area contributed by atoms with Crippen molar-refractivity contribution in [3.8, 4) is 0 Å². The van der Waals surface area contributed by atoms with Crippen LogP contribution in [-0.4, -0.2) is 21.9 Å². The second-order valence-electron chi connectivity index (χ2n) is 6.02. The van der Waals surface area contributed by atoms with Crippen molar-refractivity contribution in [1.29, 1.82) is 0 Å². The molecule has 3 aromatic rings. The van der Waals surface area contributed by atoms with Crippen LogP contribution in [0.3, 0.4) is 0 Å². The lowest BCUT2D eigenvalue weighted by molar-refractivity contribution is -0.115. The normalized spacial score (nSPS) is 13.9. The Balaban J connectivity index is 1.54. The molecule has 0 radical (unpaired) electrons. The lowest BCUT2D eigenvalue weighted by Gasteiger charge is -2.13. The molecule has 1 aliphatic carbocycles. The fourth-order valence-electron chi connectivity index (χ4n) is 2.73. The molecule has 0 bridgehead atoms. The number of fused-ring (bicyclic) bond motifs is 1.